The van der Waals surface area contributed by atoms with Crippen molar-refractivity contribution < 1.29 is 0 Å². The lowest BCUT2D eigenvalue weighted by Gasteiger charge is -2.17. The van der Waals surface area contributed by atoms with E-state index in [1.54, 1.807) is 0 Å². The van der Waals surface area contributed by atoms with E-state index < -0.39 is 0 Å². The quantitative estimate of drug-likeness (QED) is 0.825. The number of nitrogens with two attached hydrogens (primary N) is 1. The van der Waals surface area contributed by atoms with Crippen molar-refractivity contribution in [3.63, 3.8) is 0 Å². The minimum atomic E-state index is 0.0538. The van der Waals surface area contributed by atoms with Crippen molar-refractivity contribution >= 4 is 0 Å². The lowest BCUT2D eigenvalue weighted by Crippen LogP contribution is -2.18. The van der Waals surface area contributed by atoms with Crippen LogP contribution in [0.25, 0.3) is 0 Å². The first-order valence-corrected chi connectivity index (χ1v) is 5.98. The zero-order valence-corrected chi connectivity index (χ0v) is 9.39. The van der Waals surface area contributed by atoms with Crippen molar-refractivity contribution in [2.24, 2.45) is 5.73 Å². The Morgan fingerprint density at radius 2 is 2.27 bits per heavy atom. The summed E-state index contributed by atoms with van der Waals surface area (Å²) in [6.45, 7) is 2.15. The van der Waals surface area contributed by atoms with Gasteiger partial charge in [0.25, 0.3) is 0 Å². The molecule has 1 atom stereocenters. The van der Waals surface area contributed by atoms with Gasteiger partial charge in [-0.2, -0.15) is 0 Å². The maximum absolute atomic E-state index is 6.10. The second kappa shape index (κ2) is 4.75. The number of hydrogen-bond acceptors (Lipinski definition) is 3. The van der Waals surface area contributed by atoms with Gasteiger partial charge < -0.3 is 10.3 Å². The molecule has 84 valence electrons. The molecule has 4 nitrogen and oxygen atoms in total. The van der Waals surface area contributed by atoms with E-state index in [0.29, 0.717) is 6.04 Å². The molecule has 0 aliphatic heterocycles. The van der Waals surface area contributed by atoms with Crippen LogP contribution >= 0.6 is 0 Å². The lowest BCUT2D eigenvalue weighted by atomic mass is 10.1. The molecule has 0 saturated heterocycles. The molecule has 1 aliphatic carbocycles. The molecule has 1 aromatic rings. The van der Waals surface area contributed by atoms with Gasteiger partial charge in [0.2, 0.25) is 0 Å². The molecular weight excluding hydrogens is 188 g/mol. The highest BCUT2D eigenvalue weighted by Crippen LogP contribution is 2.31. The zero-order chi connectivity index (χ0) is 10.7. The predicted octanol–water partition coefficient (Wildman–Crippen LogP) is 2.19. The normalized spacial score (nSPS) is 19.6. The van der Waals surface area contributed by atoms with Crippen molar-refractivity contribution in [2.75, 3.05) is 0 Å². The van der Waals surface area contributed by atoms with Crippen molar-refractivity contribution in [2.45, 2.75) is 57.5 Å². The van der Waals surface area contributed by atoms with E-state index in [1.807, 2.05) is 6.33 Å². The van der Waals surface area contributed by atoms with Crippen LogP contribution in [0.15, 0.2) is 6.33 Å². The summed E-state index contributed by atoms with van der Waals surface area (Å²) in [5.74, 6) is 0.976. The molecule has 1 saturated carbocycles. The Labute approximate surface area is 90.9 Å². The highest BCUT2D eigenvalue weighted by atomic mass is 15.3. The average Bonchev–Trinajstić information content (AvgIpc) is 2.88. The Balaban J connectivity index is 2.13. The molecule has 0 aromatic carbocycles. The molecule has 1 aromatic heterocycles. The number of hydrogen-bond donors (Lipinski definition) is 1. The summed E-state index contributed by atoms with van der Waals surface area (Å²) in [6, 6.07) is 0.649. The monoisotopic (exact) mass is 208 g/mol. The molecule has 0 spiro atoms. The van der Waals surface area contributed by atoms with E-state index in [4.69, 9.17) is 5.73 Å². The van der Waals surface area contributed by atoms with E-state index in [1.165, 1.54) is 25.7 Å². The summed E-state index contributed by atoms with van der Waals surface area (Å²) < 4.78 is 2.20. The van der Waals surface area contributed by atoms with Gasteiger partial charge >= 0.3 is 0 Å². The summed E-state index contributed by atoms with van der Waals surface area (Å²) in [7, 11) is 0. The van der Waals surface area contributed by atoms with Crippen LogP contribution in [0.1, 0.15) is 63.4 Å². The van der Waals surface area contributed by atoms with Gasteiger partial charge in [-0.15, -0.1) is 10.2 Å². The molecule has 1 aliphatic rings. The van der Waals surface area contributed by atoms with E-state index in [2.05, 4.69) is 21.7 Å². The first-order valence-electron chi connectivity index (χ1n) is 5.98. The molecule has 1 heterocycles. The predicted molar refractivity (Wildman–Crippen MR) is 59.4 cm³/mol. The number of aromatic nitrogens is 3. The summed E-state index contributed by atoms with van der Waals surface area (Å²) >= 11 is 0. The topological polar surface area (TPSA) is 56.7 Å². The molecule has 0 radical (unpaired) electrons. The van der Waals surface area contributed by atoms with E-state index in [9.17, 15) is 0 Å². The lowest BCUT2D eigenvalue weighted by molar-refractivity contribution is 0.465. The van der Waals surface area contributed by atoms with Crippen molar-refractivity contribution in [3.8, 4) is 0 Å². The summed E-state index contributed by atoms with van der Waals surface area (Å²) in [4.78, 5) is 0. The Morgan fingerprint density at radius 3 is 2.93 bits per heavy atom. The van der Waals surface area contributed by atoms with Crippen LogP contribution in [-0.2, 0) is 0 Å². The van der Waals surface area contributed by atoms with Gasteiger partial charge in [-0.3, -0.25) is 0 Å². The van der Waals surface area contributed by atoms with Gasteiger partial charge in [0.15, 0.2) is 0 Å². The molecule has 1 fully saturated rings. The van der Waals surface area contributed by atoms with E-state index in [0.717, 1.165) is 18.7 Å². The van der Waals surface area contributed by atoms with Crippen molar-refractivity contribution in [1.82, 2.24) is 14.8 Å². The summed E-state index contributed by atoms with van der Waals surface area (Å²) in [5.41, 5.74) is 6.10. The molecule has 0 unspecified atom stereocenters. The third-order valence-electron chi connectivity index (χ3n) is 3.25. The Kier molecular flexibility index (Phi) is 3.36. The van der Waals surface area contributed by atoms with Gasteiger partial charge in [-0.1, -0.05) is 26.2 Å². The molecule has 2 rings (SSSR count). The third kappa shape index (κ3) is 2.20. The molecule has 0 amide bonds. The van der Waals surface area contributed by atoms with Crippen LogP contribution < -0.4 is 5.73 Å². The smallest absolute Gasteiger partial charge is 0.150 e. The highest BCUT2D eigenvalue weighted by Gasteiger charge is 2.22. The largest absolute Gasteiger partial charge is 0.321 e. The molecule has 4 heteroatoms. The SMILES string of the molecule is CCC[C@H](N)c1nncn1C1CCCC1. The van der Waals surface area contributed by atoms with Crippen LogP contribution in [0.2, 0.25) is 0 Å². The number of rotatable bonds is 4. The number of nitrogens with zero attached hydrogens (tertiary/aromatic N) is 3. The first-order chi connectivity index (χ1) is 7.33. The average molecular weight is 208 g/mol. The van der Waals surface area contributed by atoms with Gasteiger partial charge in [0, 0.05) is 6.04 Å². The second-order valence-corrected chi connectivity index (χ2v) is 4.43. The van der Waals surface area contributed by atoms with Crippen LogP contribution in [0.3, 0.4) is 0 Å². The van der Waals surface area contributed by atoms with Gasteiger partial charge in [-0.25, -0.2) is 0 Å². The molecule has 2 N–H and O–H groups in total. The van der Waals surface area contributed by atoms with E-state index in [-0.39, 0.29) is 6.04 Å². The van der Waals surface area contributed by atoms with Gasteiger partial charge in [0.05, 0.1) is 6.04 Å². The highest BCUT2D eigenvalue weighted by molar-refractivity contribution is 4.97. The Bertz CT molecular complexity index is 301. The fourth-order valence-electron chi connectivity index (χ4n) is 2.42. The molecule has 0 bridgehead atoms. The Hall–Kier alpha value is -0.900. The second-order valence-electron chi connectivity index (χ2n) is 4.43. The maximum Gasteiger partial charge on any atom is 0.150 e. The Morgan fingerprint density at radius 1 is 1.53 bits per heavy atom. The molecule has 15 heavy (non-hydrogen) atoms. The van der Waals surface area contributed by atoms with Gasteiger partial charge in [0.1, 0.15) is 12.2 Å². The van der Waals surface area contributed by atoms with Crippen molar-refractivity contribution in [3.05, 3.63) is 12.2 Å². The summed E-state index contributed by atoms with van der Waals surface area (Å²) in [6.07, 6.45) is 9.09. The fourth-order valence-corrected chi connectivity index (χ4v) is 2.42. The fraction of sp³-hybridized carbons (Fsp3) is 0.818. The minimum absolute atomic E-state index is 0.0538. The standard InChI is InChI=1S/C11H20N4/c1-2-5-10(12)11-14-13-8-15(11)9-6-3-4-7-9/h8-10H,2-7,12H2,1H3/t10-/m0/s1. The maximum atomic E-state index is 6.10. The third-order valence-corrected chi connectivity index (χ3v) is 3.25. The van der Waals surface area contributed by atoms with Gasteiger partial charge in [-0.05, 0) is 19.3 Å². The summed E-state index contributed by atoms with van der Waals surface area (Å²) in [5, 5.41) is 8.17. The van der Waals surface area contributed by atoms with Crippen molar-refractivity contribution in [1.29, 1.82) is 0 Å². The first kappa shape index (κ1) is 10.6. The van der Waals surface area contributed by atoms with E-state index >= 15 is 0 Å². The van der Waals surface area contributed by atoms with Crippen LogP contribution in [0, 0.1) is 0 Å². The minimum Gasteiger partial charge on any atom is -0.321 e. The van der Waals surface area contributed by atoms with Crippen LogP contribution in [-0.4, -0.2) is 14.8 Å². The zero-order valence-electron chi connectivity index (χ0n) is 9.39. The van der Waals surface area contributed by atoms with Crippen LogP contribution in [0.4, 0.5) is 0 Å². The van der Waals surface area contributed by atoms with Crippen LogP contribution in [0.5, 0.6) is 0 Å². The molecular formula is C11H20N4.